The van der Waals surface area contributed by atoms with E-state index in [1.807, 2.05) is 0 Å². The number of hydrogen-bond acceptors (Lipinski definition) is 6. The Balaban J connectivity index is 3.76. The number of aliphatic hydroxyl groups excluding tert-OH is 1. The lowest BCUT2D eigenvalue weighted by Crippen LogP contribution is -2.40. The van der Waals surface area contributed by atoms with Gasteiger partial charge in [-0.1, -0.05) is 6.92 Å². The smallest absolute Gasteiger partial charge is 0.341 e. The van der Waals surface area contributed by atoms with Crippen LogP contribution in [0.25, 0.3) is 5.53 Å². The SMILES string of the molecule is CCS(=O)(=O)C1=C([N+](=O)[O-])C=C(O)C(N)C1=[N+]=[N-]. The zero-order chi connectivity index (χ0) is 14.1. The second kappa shape index (κ2) is 4.69. The van der Waals surface area contributed by atoms with Gasteiger partial charge in [-0.05, 0) is 0 Å². The van der Waals surface area contributed by atoms with Crippen LogP contribution in [0.4, 0.5) is 0 Å². The molecule has 0 aromatic carbocycles. The topological polar surface area (TPSA) is 160 Å². The summed E-state index contributed by atoms with van der Waals surface area (Å²) >= 11 is 0. The zero-order valence-electron chi connectivity index (χ0n) is 9.27. The Kier molecular flexibility index (Phi) is 3.65. The van der Waals surface area contributed by atoms with Gasteiger partial charge in [0.05, 0.1) is 16.8 Å². The fraction of sp³-hybridized carbons (Fsp3) is 0.375. The van der Waals surface area contributed by atoms with E-state index in [0.717, 1.165) is 0 Å². The quantitative estimate of drug-likeness (QED) is 0.301. The second-order valence-electron chi connectivity index (χ2n) is 3.41. The van der Waals surface area contributed by atoms with E-state index >= 15 is 0 Å². The second-order valence-corrected chi connectivity index (χ2v) is 5.62. The molecule has 3 N–H and O–H groups in total. The first-order valence-corrected chi connectivity index (χ1v) is 6.41. The molecule has 0 radical (unpaired) electrons. The van der Waals surface area contributed by atoms with Gasteiger partial charge in [-0.2, -0.15) is 4.79 Å². The van der Waals surface area contributed by atoms with Crippen molar-refractivity contribution in [1.82, 2.24) is 0 Å². The van der Waals surface area contributed by atoms with Crippen LogP contribution < -0.4 is 5.73 Å². The molecule has 0 fully saturated rings. The van der Waals surface area contributed by atoms with Crippen LogP contribution in [-0.2, 0) is 9.84 Å². The lowest BCUT2D eigenvalue weighted by Gasteiger charge is -2.13. The summed E-state index contributed by atoms with van der Waals surface area (Å²) < 4.78 is 23.5. The summed E-state index contributed by atoms with van der Waals surface area (Å²) in [6, 6.07) is -1.42. The number of hydrogen-bond donors (Lipinski definition) is 2. The molecule has 1 aliphatic rings. The maximum absolute atomic E-state index is 11.8. The molecule has 0 bridgehead atoms. The first kappa shape index (κ1) is 14.0. The average Bonchev–Trinajstić information content (AvgIpc) is 2.31. The van der Waals surface area contributed by atoms with Gasteiger partial charge in [0.25, 0.3) is 5.70 Å². The molecule has 0 aromatic rings. The van der Waals surface area contributed by atoms with E-state index in [1.54, 1.807) is 0 Å². The van der Waals surface area contributed by atoms with E-state index in [1.165, 1.54) is 6.92 Å². The van der Waals surface area contributed by atoms with E-state index < -0.39 is 48.6 Å². The van der Waals surface area contributed by atoms with Crippen LogP contribution in [0, 0.1) is 10.1 Å². The third-order valence-electron chi connectivity index (χ3n) is 2.36. The van der Waals surface area contributed by atoms with Crippen LogP contribution in [0.3, 0.4) is 0 Å². The van der Waals surface area contributed by atoms with Crippen molar-refractivity contribution in [2.24, 2.45) is 5.73 Å². The van der Waals surface area contributed by atoms with Gasteiger partial charge >= 0.3 is 5.71 Å². The van der Waals surface area contributed by atoms with Gasteiger partial charge < -0.3 is 16.4 Å². The number of allylic oxidation sites excluding steroid dienone is 1. The fourth-order valence-electron chi connectivity index (χ4n) is 1.41. The van der Waals surface area contributed by atoms with Crippen molar-refractivity contribution in [1.29, 1.82) is 0 Å². The highest BCUT2D eigenvalue weighted by molar-refractivity contribution is 7.96. The van der Waals surface area contributed by atoms with Gasteiger partial charge in [0.2, 0.25) is 4.91 Å². The Hall–Kier alpha value is -2.03. The number of sulfone groups is 1. The maximum atomic E-state index is 11.8. The predicted molar refractivity (Wildman–Crippen MR) is 60.8 cm³/mol. The normalized spacial score (nSPS) is 20.4. The maximum Gasteiger partial charge on any atom is 0.341 e. The number of rotatable bonds is 3. The predicted octanol–water partition coefficient (Wildman–Crippen LogP) is -0.637. The standard InChI is InChI=1S/C8H10N4O5S/c1-2-18(16,17)8-4(12(14)15)3-5(13)6(9)7(8)11-10/h3,6,13H,2,9H2,1H3. The molecule has 0 amide bonds. The summed E-state index contributed by atoms with van der Waals surface area (Å²) in [6.45, 7) is 1.28. The summed E-state index contributed by atoms with van der Waals surface area (Å²) in [5.41, 5.74) is 12.6. The summed E-state index contributed by atoms with van der Waals surface area (Å²) in [6.07, 6.45) is 0.641. The molecule has 0 heterocycles. The lowest BCUT2D eigenvalue weighted by atomic mass is 10.0. The van der Waals surface area contributed by atoms with Crippen LogP contribution in [0.1, 0.15) is 6.92 Å². The van der Waals surface area contributed by atoms with Crippen molar-refractivity contribution in [3.05, 3.63) is 38.1 Å². The molecule has 9 nitrogen and oxygen atoms in total. The van der Waals surface area contributed by atoms with Crippen LogP contribution in [0.15, 0.2) is 22.4 Å². The lowest BCUT2D eigenvalue weighted by molar-refractivity contribution is -0.419. The van der Waals surface area contributed by atoms with Gasteiger partial charge in [0.1, 0.15) is 5.76 Å². The first-order valence-electron chi connectivity index (χ1n) is 4.76. The van der Waals surface area contributed by atoms with Crippen LogP contribution in [0.2, 0.25) is 0 Å². The van der Waals surface area contributed by atoms with Crippen molar-refractivity contribution in [3.63, 3.8) is 0 Å². The Labute approximate surface area is 102 Å². The minimum Gasteiger partial charge on any atom is -0.510 e. The minimum absolute atomic E-state index is 0.431. The molecule has 10 heteroatoms. The molecule has 1 atom stereocenters. The third-order valence-corrected chi connectivity index (χ3v) is 4.16. The highest BCUT2D eigenvalue weighted by Crippen LogP contribution is 2.24. The Bertz CT molecular complexity index is 611. The van der Waals surface area contributed by atoms with E-state index in [0.29, 0.717) is 6.08 Å². The summed E-state index contributed by atoms with van der Waals surface area (Å²) in [5, 5.41) is 20.2. The first-order chi connectivity index (χ1) is 8.26. The minimum atomic E-state index is -4.02. The molecular formula is C8H10N4O5S. The van der Waals surface area contributed by atoms with E-state index in [9.17, 15) is 23.6 Å². The van der Waals surface area contributed by atoms with Crippen molar-refractivity contribution >= 4 is 15.5 Å². The molecule has 1 aliphatic carbocycles. The third kappa shape index (κ3) is 2.16. The molecule has 1 unspecified atom stereocenters. The van der Waals surface area contributed by atoms with Gasteiger partial charge in [0, 0.05) is 0 Å². The molecular weight excluding hydrogens is 264 g/mol. The van der Waals surface area contributed by atoms with Crippen LogP contribution in [0.5, 0.6) is 0 Å². The van der Waals surface area contributed by atoms with Gasteiger partial charge in [-0.15, -0.1) is 0 Å². The number of nitro groups is 1. The molecule has 0 aromatic heterocycles. The average molecular weight is 274 g/mol. The molecule has 0 saturated carbocycles. The summed E-state index contributed by atoms with van der Waals surface area (Å²) in [4.78, 5) is 11.7. The van der Waals surface area contributed by atoms with Gasteiger partial charge in [0.15, 0.2) is 15.9 Å². The van der Waals surface area contributed by atoms with E-state index in [4.69, 9.17) is 11.3 Å². The molecule has 1 rings (SSSR count). The highest BCUT2D eigenvalue weighted by atomic mass is 32.2. The number of nitrogens with zero attached hydrogens (tertiary/aromatic N) is 3. The Morgan fingerprint density at radius 3 is 2.61 bits per heavy atom. The fourth-order valence-corrected chi connectivity index (χ4v) is 2.64. The molecule has 0 aliphatic heterocycles. The Morgan fingerprint density at radius 1 is 1.67 bits per heavy atom. The number of aliphatic hydroxyl groups is 1. The van der Waals surface area contributed by atoms with Crippen molar-refractivity contribution in [3.8, 4) is 0 Å². The number of nitrogens with two attached hydrogens (primary N) is 1. The monoisotopic (exact) mass is 274 g/mol. The highest BCUT2D eigenvalue weighted by Gasteiger charge is 2.45. The largest absolute Gasteiger partial charge is 0.510 e. The van der Waals surface area contributed by atoms with E-state index in [-0.39, 0.29) is 0 Å². The van der Waals surface area contributed by atoms with E-state index in [2.05, 4.69) is 4.79 Å². The van der Waals surface area contributed by atoms with Gasteiger partial charge in [-0.3, -0.25) is 10.1 Å². The van der Waals surface area contributed by atoms with Crippen molar-refractivity contribution < 1.29 is 23.2 Å². The van der Waals surface area contributed by atoms with Crippen molar-refractivity contribution in [2.45, 2.75) is 13.0 Å². The van der Waals surface area contributed by atoms with Crippen LogP contribution in [-0.4, -0.2) is 40.7 Å². The summed E-state index contributed by atoms with van der Waals surface area (Å²) in [7, 11) is -4.02. The van der Waals surface area contributed by atoms with Gasteiger partial charge in [-0.25, -0.2) is 8.42 Å². The van der Waals surface area contributed by atoms with Crippen LogP contribution >= 0.6 is 0 Å². The summed E-state index contributed by atoms with van der Waals surface area (Å²) in [5.74, 6) is -1.08. The molecule has 0 saturated heterocycles. The molecule has 0 spiro atoms. The Morgan fingerprint density at radius 2 is 2.22 bits per heavy atom. The molecule has 98 valence electrons. The van der Waals surface area contributed by atoms with Crippen molar-refractivity contribution in [2.75, 3.05) is 5.75 Å². The zero-order valence-corrected chi connectivity index (χ0v) is 10.1. The molecule has 18 heavy (non-hydrogen) atoms.